The number of ether oxygens (including phenoxy) is 1. The lowest BCUT2D eigenvalue weighted by atomic mass is 10.3. The van der Waals surface area contributed by atoms with Crippen LogP contribution >= 0.6 is 27.5 Å². The molecule has 4 nitrogen and oxygen atoms in total. The van der Waals surface area contributed by atoms with Gasteiger partial charge in [-0.3, -0.25) is 0 Å². The Kier molecular flexibility index (Phi) is 4.10. The van der Waals surface area contributed by atoms with Gasteiger partial charge in [-0.05, 0) is 24.6 Å². The van der Waals surface area contributed by atoms with E-state index in [9.17, 15) is 8.42 Å². The summed E-state index contributed by atoms with van der Waals surface area (Å²) in [6.45, 7) is 0.995. The molecule has 0 saturated carbocycles. The van der Waals surface area contributed by atoms with Crippen molar-refractivity contribution in [3.05, 3.63) is 27.7 Å². The van der Waals surface area contributed by atoms with Gasteiger partial charge in [0.2, 0.25) is 10.0 Å². The zero-order chi connectivity index (χ0) is 12.5. The summed E-state index contributed by atoms with van der Waals surface area (Å²) in [5, 5.41) is 0.200. The van der Waals surface area contributed by atoms with Crippen molar-refractivity contribution >= 4 is 37.6 Å². The minimum absolute atomic E-state index is 0.0919. The van der Waals surface area contributed by atoms with Crippen molar-refractivity contribution in [1.29, 1.82) is 0 Å². The molecule has 94 valence electrons. The minimum atomic E-state index is -3.57. The van der Waals surface area contributed by atoms with Gasteiger partial charge in [-0.25, -0.2) is 13.1 Å². The summed E-state index contributed by atoms with van der Waals surface area (Å²) in [5.74, 6) is 0. The quantitative estimate of drug-likeness (QED) is 0.917. The first-order chi connectivity index (χ1) is 7.99. The van der Waals surface area contributed by atoms with E-state index in [1.54, 1.807) is 12.1 Å². The molecule has 0 spiro atoms. The molecule has 1 aromatic rings. The van der Waals surface area contributed by atoms with Gasteiger partial charge in [-0.15, -0.1) is 0 Å². The molecule has 0 radical (unpaired) electrons. The molecule has 1 atom stereocenters. The first-order valence-electron chi connectivity index (χ1n) is 5.04. The topological polar surface area (TPSA) is 55.4 Å². The van der Waals surface area contributed by atoms with Crippen LogP contribution in [0.15, 0.2) is 27.6 Å². The van der Waals surface area contributed by atoms with E-state index in [1.165, 1.54) is 6.07 Å². The highest BCUT2D eigenvalue weighted by atomic mass is 79.9. The Bertz CT molecular complexity index is 514. The molecular formula is C10H11BrClNO3S. The molecule has 1 saturated heterocycles. The molecule has 1 N–H and O–H groups in total. The predicted molar refractivity (Wildman–Crippen MR) is 68.7 cm³/mol. The normalized spacial score (nSPS) is 20.7. The molecule has 1 aromatic carbocycles. The zero-order valence-electron chi connectivity index (χ0n) is 8.82. The molecule has 2 rings (SSSR count). The number of hydrogen-bond acceptors (Lipinski definition) is 3. The number of benzene rings is 1. The SMILES string of the molecule is O=S(=O)(NC1CCOC1)c1ccc(Br)cc1Cl. The van der Waals surface area contributed by atoms with E-state index in [-0.39, 0.29) is 16.0 Å². The van der Waals surface area contributed by atoms with Gasteiger partial charge < -0.3 is 4.74 Å². The standard InChI is InChI=1S/C10H11BrClNO3S/c11-7-1-2-10(9(12)5-7)17(14,15)13-8-3-4-16-6-8/h1-2,5,8,13H,3-4,6H2. The van der Waals surface area contributed by atoms with Crippen LogP contribution in [-0.4, -0.2) is 27.7 Å². The molecule has 7 heteroatoms. The average molecular weight is 341 g/mol. The Balaban J connectivity index is 2.24. The third-order valence-electron chi connectivity index (χ3n) is 2.43. The van der Waals surface area contributed by atoms with Gasteiger partial charge in [0.1, 0.15) is 4.90 Å². The summed E-state index contributed by atoms with van der Waals surface area (Å²) >= 11 is 9.15. The largest absolute Gasteiger partial charge is 0.380 e. The Labute approximate surface area is 113 Å². The lowest BCUT2D eigenvalue weighted by Gasteiger charge is -2.12. The molecule has 0 aliphatic carbocycles. The maximum absolute atomic E-state index is 12.1. The fraction of sp³-hybridized carbons (Fsp3) is 0.400. The average Bonchev–Trinajstić information content (AvgIpc) is 2.68. The molecule has 0 aromatic heterocycles. The summed E-state index contributed by atoms with van der Waals surface area (Å²) in [4.78, 5) is 0.0919. The smallest absolute Gasteiger partial charge is 0.242 e. The second kappa shape index (κ2) is 5.24. The highest BCUT2D eigenvalue weighted by Crippen LogP contribution is 2.25. The van der Waals surface area contributed by atoms with Gasteiger partial charge in [0.15, 0.2) is 0 Å². The molecular weight excluding hydrogens is 330 g/mol. The van der Waals surface area contributed by atoms with E-state index < -0.39 is 10.0 Å². The van der Waals surface area contributed by atoms with Crippen molar-refractivity contribution in [3.8, 4) is 0 Å². The van der Waals surface area contributed by atoms with Gasteiger partial charge in [0.05, 0.1) is 11.6 Å². The minimum Gasteiger partial charge on any atom is -0.380 e. The third kappa shape index (κ3) is 3.20. The molecule has 1 heterocycles. The molecule has 17 heavy (non-hydrogen) atoms. The van der Waals surface area contributed by atoms with Crippen LogP contribution in [-0.2, 0) is 14.8 Å². The van der Waals surface area contributed by atoms with Crippen molar-refractivity contribution in [2.24, 2.45) is 0 Å². The number of halogens is 2. The van der Waals surface area contributed by atoms with Crippen molar-refractivity contribution in [2.45, 2.75) is 17.4 Å². The van der Waals surface area contributed by atoms with Crippen LogP contribution in [0, 0.1) is 0 Å². The Hall–Kier alpha value is -0.140. The first-order valence-corrected chi connectivity index (χ1v) is 7.69. The maximum Gasteiger partial charge on any atom is 0.242 e. The second-order valence-electron chi connectivity index (χ2n) is 3.76. The van der Waals surface area contributed by atoms with Crippen LogP contribution in [0.3, 0.4) is 0 Å². The molecule has 1 fully saturated rings. The van der Waals surface area contributed by atoms with E-state index in [0.717, 1.165) is 4.47 Å². The van der Waals surface area contributed by atoms with E-state index in [2.05, 4.69) is 20.7 Å². The van der Waals surface area contributed by atoms with Gasteiger partial charge in [-0.1, -0.05) is 27.5 Å². The van der Waals surface area contributed by atoms with Crippen LogP contribution in [0.4, 0.5) is 0 Å². The predicted octanol–water partition coefficient (Wildman–Crippen LogP) is 2.17. The number of rotatable bonds is 3. The fourth-order valence-corrected chi connectivity index (χ4v) is 3.90. The first kappa shape index (κ1) is 13.3. The molecule has 1 aliphatic heterocycles. The van der Waals surface area contributed by atoms with Crippen LogP contribution in [0.2, 0.25) is 5.02 Å². The summed E-state index contributed by atoms with van der Waals surface area (Å²) < 4.78 is 32.5. The lowest BCUT2D eigenvalue weighted by Crippen LogP contribution is -2.35. The van der Waals surface area contributed by atoms with Gasteiger partial charge in [0.25, 0.3) is 0 Å². The van der Waals surface area contributed by atoms with Gasteiger partial charge in [0, 0.05) is 17.1 Å². The van der Waals surface area contributed by atoms with Crippen molar-refractivity contribution in [1.82, 2.24) is 4.72 Å². The number of nitrogens with one attached hydrogen (secondary N) is 1. The third-order valence-corrected chi connectivity index (χ3v) is 4.93. The van der Waals surface area contributed by atoms with Crippen LogP contribution in [0.1, 0.15) is 6.42 Å². The van der Waals surface area contributed by atoms with E-state index in [1.807, 2.05) is 0 Å². The van der Waals surface area contributed by atoms with Crippen LogP contribution < -0.4 is 4.72 Å². The fourth-order valence-electron chi connectivity index (χ4n) is 1.60. The molecule has 0 bridgehead atoms. The highest BCUT2D eigenvalue weighted by Gasteiger charge is 2.25. The summed E-state index contributed by atoms with van der Waals surface area (Å²) in [5.41, 5.74) is 0. The monoisotopic (exact) mass is 339 g/mol. The van der Waals surface area contributed by atoms with Crippen molar-refractivity contribution in [3.63, 3.8) is 0 Å². The summed E-state index contributed by atoms with van der Waals surface area (Å²) in [6.07, 6.45) is 0.688. The number of hydrogen-bond donors (Lipinski definition) is 1. The van der Waals surface area contributed by atoms with Gasteiger partial charge >= 0.3 is 0 Å². The van der Waals surface area contributed by atoms with Crippen molar-refractivity contribution in [2.75, 3.05) is 13.2 Å². The van der Waals surface area contributed by atoms with Crippen LogP contribution in [0.25, 0.3) is 0 Å². The molecule has 1 unspecified atom stereocenters. The van der Waals surface area contributed by atoms with Gasteiger partial charge in [-0.2, -0.15) is 0 Å². The Morgan fingerprint density at radius 3 is 2.82 bits per heavy atom. The Morgan fingerprint density at radius 1 is 1.47 bits per heavy atom. The van der Waals surface area contributed by atoms with Crippen molar-refractivity contribution < 1.29 is 13.2 Å². The summed E-state index contributed by atoms with van der Waals surface area (Å²) in [6, 6.07) is 4.51. The Morgan fingerprint density at radius 2 is 2.24 bits per heavy atom. The van der Waals surface area contributed by atoms with E-state index in [0.29, 0.717) is 19.6 Å². The highest BCUT2D eigenvalue weighted by molar-refractivity contribution is 9.10. The van der Waals surface area contributed by atoms with E-state index in [4.69, 9.17) is 16.3 Å². The molecule has 0 amide bonds. The zero-order valence-corrected chi connectivity index (χ0v) is 12.0. The number of sulfonamides is 1. The van der Waals surface area contributed by atoms with Crippen LogP contribution in [0.5, 0.6) is 0 Å². The molecule has 1 aliphatic rings. The lowest BCUT2D eigenvalue weighted by molar-refractivity contribution is 0.192. The second-order valence-corrected chi connectivity index (χ2v) is 6.76. The summed E-state index contributed by atoms with van der Waals surface area (Å²) in [7, 11) is -3.57. The van der Waals surface area contributed by atoms with E-state index >= 15 is 0 Å². The maximum atomic E-state index is 12.1.